The number of ether oxygens (including phenoxy) is 1. The van der Waals surface area contributed by atoms with Crippen molar-refractivity contribution in [2.75, 3.05) is 0 Å². The zero-order valence-electron chi connectivity index (χ0n) is 5.71. The fourth-order valence-corrected chi connectivity index (χ4v) is 0.817. The molecule has 2 nitrogen and oxygen atoms in total. The summed E-state index contributed by atoms with van der Waals surface area (Å²) in [6.07, 6.45) is 7.59. The first-order chi connectivity index (χ1) is 4.79. The van der Waals surface area contributed by atoms with E-state index in [4.69, 9.17) is 9.84 Å². The topological polar surface area (TPSA) is 29.5 Å². The van der Waals surface area contributed by atoms with Crippen LogP contribution in [0.1, 0.15) is 12.8 Å². The Balaban J connectivity index is 2.47. The highest BCUT2D eigenvalue weighted by molar-refractivity contribution is 5.13. The van der Waals surface area contributed by atoms with Crippen molar-refractivity contribution in [2.45, 2.75) is 12.8 Å². The van der Waals surface area contributed by atoms with Crippen molar-refractivity contribution < 1.29 is 9.84 Å². The molecule has 1 N–H and O–H groups in total. The third-order valence-electron chi connectivity index (χ3n) is 1.22. The summed E-state index contributed by atoms with van der Waals surface area (Å²) in [5.74, 6) is 0.538. The Kier molecular flexibility index (Phi) is 2.15. The summed E-state index contributed by atoms with van der Waals surface area (Å²) in [7, 11) is 0. The van der Waals surface area contributed by atoms with Gasteiger partial charge in [0.2, 0.25) is 0 Å². The van der Waals surface area contributed by atoms with Gasteiger partial charge in [-0.3, -0.25) is 0 Å². The normalized spacial score (nSPS) is 16.2. The van der Waals surface area contributed by atoms with Crippen LogP contribution in [0.15, 0.2) is 36.5 Å². The number of allylic oxidation sites excluding steroid dienone is 4. The van der Waals surface area contributed by atoms with Crippen molar-refractivity contribution in [3.8, 4) is 0 Å². The van der Waals surface area contributed by atoms with E-state index in [0.29, 0.717) is 0 Å². The molecule has 0 radical (unpaired) electrons. The van der Waals surface area contributed by atoms with Crippen LogP contribution < -0.4 is 0 Å². The highest BCUT2D eigenvalue weighted by Gasteiger charge is 2.00. The van der Waals surface area contributed by atoms with Gasteiger partial charge in [0.1, 0.15) is 5.76 Å². The van der Waals surface area contributed by atoms with Crippen molar-refractivity contribution in [3.05, 3.63) is 36.5 Å². The number of hydrogen-bond donors (Lipinski definition) is 1. The second-order valence-electron chi connectivity index (χ2n) is 2.10. The minimum absolute atomic E-state index is 0.235. The molecule has 0 aromatic rings. The maximum atomic E-state index is 8.62. The predicted octanol–water partition coefficient (Wildman–Crippen LogP) is 2.27. The van der Waals surface area contributed by atoms with E-state index >= 15 is 0 Å². The molecule has 2 heteroatoms. The van der Waals surface area contributed by atoms with Gasteiger partial charge in [0.25, 0.3) is 5.95 Å². The van der Waals surface area contributed by atoms with Gasteiger partial charge in [0, 0.05) is 6.42 Å². The maximum Gasteiger partial charge on any atom is 0.274 e. The average Bonchev–Trinajstić information content (AvgIpc) is 1.88. The molecule has 0 bridgehead atoms. The molecule has 0 saturated carbocycles. The fraction of sp³-hybridized carbons (Fsp3) is 0.250. The van der Waals surface area contributed by atoms with E-state index in [1.54, 1.807) is 0 Å². The Hall–Kier alpha value is -1.18. The number of aliphatic hydroxyl groups excluding tert-OH is 1. The van der Waals surface area contributed by atoms with Crippen LogP contribution >= 0.6 is 0 Å². The Morgan fingerprint density at radius 1 is 1.70 bits per heavy atom. The third-order valence-corrected chi connectivity index (χ3v) is 1.22. The van der Waals surface area contributed by atoms with Crippen molar-refractivity contribution in [2.24, 2.45) is 0 Å². The molecule has 0 heterocycles. The van der Waals surface area contributed by atoms with E-state index in [0.717, 1.165) is 18.6 Å². The maximum absolute atomic E-state index is 8.62. The summed E-state index contributed by atoms with van der Waals surface area (Å²) >= 11 is 0. The van der Waals surface area contributed by atoms with Crippen LogP contribution in [0.25, 0.3) is 0 Å². The lowest BCUT2D eigenvalue weighted by Gasteiger charge is -2.08. The van der Waals surface area contributed by atoms with Crippen LogP contribution in [0.5, 0.6) is 0 Å². The Labute approximate surface area is 60.1 Å². The Bertz CT molecular complexity index is 189. The van der Waals surface area contributed by atoms with Gasteiger partial charge in [-0.15, -0.1) is 0 Å². The van der Waals surface area contributed by atoms with Gasteiger partial charge in [-0.1, -0.05) is 12.2 Å². The summed E-state index contributed by atoms with van der Waals surface area (Å²) in [5.41, 5.74) is 0. The number of hydrogen-bond acceptors (Lipinski definition) is 2. The number of rotatable bonds is 2. The highest BCUT2D eigenvalue weighted by Crippen LogP contribution is 2.14. The lowest BCUT2D eigenvalue weighted by molar-refractivity contribution is 0.142. The molecule has 54 valence electrons. The van der Waals surface area contributed by atoms with E-state index in [1.807, 2.05) is 18.2 Å². The van der Waals surface area contributed by atoms with Crippen molar-refractivity contribution >= 4 is 0 Å². The molecule has 1 aliphatic carbocycles. The van der Waals surface area contributed by atoms with E-state index in [1.165, 1.54) is 0 Å². The van der Waals surface area contributed by atoms with Crippen molar-refractivity contribution in [1.82, 2.24) is 0 Å². The molecule has 0 saturated heterocycles. The second kappa shape index (κ2) is 3.11. The first kappa shape index (κ1) is 6.93. The molecule has 1 rings (SSSR count). The molecular formula is C8H10O2. The minimum Gasteiger partial charge on any atom is -0.481 e. The number of aliphatic hydroxyl groups is 1. The van der Waals surface area contributed by atoms with Crippen LogP contribution in [-0.2, 0) is 4.74 Å². The van der Waals surface area contributed by atoms with Crippen molar-refractivity contribution in [3.63, 3.8) is 0 Å². The minimum atomic E-state index is -0.235. The molecule has 0 aromatic carbocycles. The summed E-state index contributed by atoms with van der Waals surface area (Å²) in [5, 5.41) is 8.62. The Morgan fingerprint density at radius 3 is 3.00 bits per heavy atom. The molecule has 0 unspecified atom stereocenters. The molecule has 0 fully saturated rings. The lowest BCUT2D eigenvalue weighted by Crippen LogP contribution is -1.92. The largest absolute Gasteiger partial charge is 0.481 e. The molecule has 10 heavy (non-hydrogen) atoms. The quantitative estimate of drug-likeness (QED) is 0.593. The standard InChI is InChI=1S/C8H10O2/c1-7(9)10-8-5-3-2-4-6-8/h2-3,5,9H,1,4,6H2. The SMILES string of the molecule is C=C(O)OC1=CC=CCC1. The average molecular weight is 138 g/mol. The van der Waals surface area contributed by atoms with Crippen LogP contribution in [0.4, 0.5) is 0 Å². The smallest absolute Gasteiger partial charge is 0.274 e. The summed E-state index contributed by atoms with van der Waals surface area (Å²) in [4.78, 5) is 0. The predicted molar refractivity (Wildman–Crippen MR) is 39.3 cm³/mol. The van der Waals surface area contributed by atoms with Gasteiger partial charge in [0.15, 0.2) is 0 Å². The zero-order chi connectivity index (χ0) is 7.40. The van der Waals surface area contributed by atoms with Gasteiger partial charge < -0.3 is 9.84 Å². The summed E-state index contributed by atoms with van der Waals surface area (Å²) < 4.78 is 4.86. The monoisotopic (exact) mass is 138 g/mol. The van der Waals surface area contributed by atoms with Gasteiger partial charge in [-0.05, 0) is 19.1 Å². The molecular weight excluding hydrogens is 128 g/mol. The second-order valence-corrected chi connectivity index (χ2v) is 2.10. The highest BCUT2D eigenvalue weighted by atomic mass is 16.6. The van der Waals surface area contributed by atoms with Crippen LogP contribution in [0.2, 0.25) is 0 Å². The van der Waals surface area contributed by atoms with Gasteiger partial charge in [-0.2, -0.15) is 0 Å². The molecule has 0 aliphatic heterocycles. The molecule has 0 aromatic heterocycles. The van der Waals surface area contributed by atoms with Crippen LogP contribution in [-0.4, -0.2) is 5.11 Å². The van der Waals surface area contributed by atoms with Crippen LogP contribution in [0, 0.1) is 0 Å². The van der Waals surface area contributed by atoms with E-state index in [2.05, 4.69) is 6.58 Å². The fourth-order valence-electron chi connectivity index (χ4n) is 0.817. The lowest BCUT2D eigenvalue weighted by atomic mass is 10.2. The molecule has 0 spiro atoms. The molecule has 0 atom stereocenters. The van der Waals surface area contributed by atoms with Gasteiger partial charge >= 0.3 is 0 Å². The van der Waals surface area contributed by atoms with Crippen molar-refractivity contribution in [1.29, 1.82) is 0 Å². The third kappa shape index (κ3) is 1.97. The van der Waals surface area contributed by atoms with Crippen LogP contribution in [0.3, 0.4) is 0 Å². The zero-order valence-corrected chi connectivity index (χ0v) is 5.71. The summed E-state index contributed by atoms with van der Waals surface area (Å²) in [6, 6.07) is 0. The van der Waals surface area contributed by atoms with E-state index < -0.39 is 0 Å². The first-order valence-electron chi connectivity index (χ1n) is 3.20. The summed E-state index contributed by atoms with van der Waals surface area (Å²) in [6.45, 7) is 3.22. The molecule has 1 aliphatic rings. The Morgan fingerprint density at radius 2 is 2.50 bits per heavy atom. The van der Waals surface area contributed by atoms with Gasteiger partial charge in [-0.25, -0.2) is 0 Å². The van der Waals surface area contributed by atoms with E-state index in [-0.39, 0.29) is 5.95 Å². The molecule has 0 amide bonds. The van der Waals surface area contributed by atoms with E-state index in [9.17, 15) is 0 Å². The first-order valence-corrected chi connectivity index (χ1v) is 3.20. The van der Waals surface area contributed by atoms with Gasteiger partial charge in [0.05, 0.1) is 0 Å².